The highest BCUT2D eigenvalue weighted by atomic mass is 16.5. The third kappa shape index (κ3) is 5.74. The van der Waals surface area contributed by atoms with Gasteiger partial charge in [-0.1, -0.05) is 36.4 Å². The lowest BCUT2D eigenvalue weighted by atomic mass is 9.98. The number of pyridine rings is 1. The first-order chi connectivity index (χ1) is 16.0. The monoisotopic (exact) mass is 445 g/mol. The summed E-state index contributed by atoms with van der Waals surface area (Å²) in [5.41, 5.74) is 3.43. The predicted octanol–water partition coefficient (Wildman–Crippen LogP) is 3.55. The van der Waals surface area contributed by atoms with E-state index in [1.807, 2.05) is 11.0 Å². The van der Waals surface area contributed by atoms with Crippen LogP contribution in [-0.4, -0.2) is 47.9 Å². The average Bonchev–Trinajstić information content (AvgIpc) is 3.42. The van der Waals surface area contributed by atoms with Gasteiger partial charge in [-0.05, 0) is 53.2 Å². The first-order valence-electron chi connectivity index (χ1n) is 11.1. The number of fused-ring (bicyclic) bond motifs is 1. The number of likely N-dealkylation sites (tertiary alicyclic amines) is 1. The molecule has 1 aromatic carbocycles. The number of methoxy groups -OCH3 is 1. The number of carbonyl (C=O) groups excluding carboxylic acids is 3. The van der Waals surface area contributed by atoms with E-state index < -0.39 is 5.97 Å². The number of hydrogen-bond donors (Lipinski definition) is 1. The summed E-state index contributed by atoms with van der Waals surface area (Å²) in [7, 11) is 1.28. The fourth-order valence-electron chi connectivity index (χ4n) is 4.33. The second-order valence-electron chi connectivity index (χ2n) is 8.36. The van der Waals surface area contributed by atoms with E-state index in [-0.39, 0.29) is 24.7 Å². The average molecular weight is 446 g/mol. The molecule has 1 fully saturated rings. The Morgan fingerprint density at radius 1 is 1.12 bits per heavy atom. The van der Waals surface area contributed by atoms with Crippen LogP contribution in [0, 0.1) is 11.8 Å². The summed E-state index contributed by atoms with van der Waals surface area (Å²) in [4.78, 5) is 41.7. The molecule has 2 atom stereocenters. The molecule has 7 heteroatoms. The van der Waals surface area contributed by atoms with Gasteiger partial charge >= 0.3 is 5.97 Å². The Hall–Kier alpha value is -3.74. The third-order valence-corrected chi connectivity index (χ3v) is 6.10. The minimum atomic E-state index is -0.433. The summed E-state index contributed by atoms with van der Waals surface area (Å²) in [6.07, 6.45) is 8.30. The molecule has 7 nitrogen and oxygen atoms in total. The summed E-state index contributed by atoms with van der Waals surface area (Å²) in [5, 5.41) is 2.63. The molecule has 0 saturated carbocycles. The minimum Gasteiger partial charge on any atom is -0.469 e. The quantitative estimate of drug-likeness (QED) is 0.520. The number of aromatic nitrogens is 1. The first-order valence-corrected chi connectivity index (χ1v) is 11.1. The van der Waals surface area contributed by atoms with Crippen molar-refractivity contribution in [2.75, 3.05) is 25.5 Å². The molecule has 2 heterocycles. The number of nitrogens with zero attached hydrogens (tertiary/aromatic N) is 2. The van der Waals surface area contributed by atoms with Crippen LogP contribution in [0.2, 0.25) is 0 Å². The molecule has 2 unspecified atom stereocenters. The van der Waals surface area contributed by atoms with Crippen molar-refractivity contribution in [1.29, 1.82) is 0 Å². The van der Waals surface area contributed by atoms with E-state index in [9.17, 15) is 14.4 Å². The van der Waals surface area contributed by atoms with Gasteiger partial charge in [0, 0.05) is 31.8 Å². The number of carbonyl (C=O) groups is 3. The number of esters is 1. The maximum absolute atomic E-state index is 12.7. The number of benzene rings is 1. The van der Waals surface area contributed by atoms with E-state index in [1.165, 1.54) is 18.2 Å². The number of hydrogen-bond acceptors (Lipinski definition) is 5. The molecule has 4 rings (SSSR count). The molecule has 2 aromatic rings. The number of anilines is 1. The highest BCUT2D eigenvalue weighted by Gasteiger charge is 2.37. The van der Waals surface area contributed by atoms with E-state index in [0.29, 0.717) is 17.7 Å². The van der Waals surface area contributed by atoms with Gasteiger partial charge in [0.15, 0.2) is 0 Å². The maximum Gasteiger partial charge on any atom is 0.306 e. The SMILES string of the molecule is COC(=O)CCC(=O)Nc1ccc(/C=C/C(=O)N2CC3C=C(c4ccccc4)CC3C2)cn1. The molecular weight excluding hydrogens is 418 g/mol. The topological polar surface area (TPSA) is 88.6 Å². The van der Waals surface area contributed by atoms with E-state index in [4.69, 9.17) is 0 Å². The molecule has 1 saturated heterocycles. The van der Waals surface area contributed by atoms with Gasteiger partial charge in [-0.25, -0.2) is 4.98 Å². The van der Waals surface area contributed by atoms with Gasteiger partial charge in [0.25, 0.3) is 0 Å². The van der Waals surface area contributed by atoms with Gasteiger partial charge in [-0.3, -0.25) is 14.4 Å². The van der Waals surface area contributed by atoms with Gasteiger partial charge in [-0.2, -0.15) is 0 Å². The molecule has 0 spiro atoms. The lowest BCUT2D eigenvalue weighted by Crippen LogP contribution is -2.27. The van der Waals surface area contributed by atoms with Gasteiger partial charge in [-0.15, -0.1) is 0 Å². The minimum absolute atomic E-state index is 0.000694. The van der Waals surface area contributed by atoms with E-state index in [1.54, 1.807) is 30.5 Å². The molecule has 1 aromatic heterocycles. The van der Waals surface area contributed by atoms with Crippen LogP contribution in [0.15, 0.2) is 60.8 Å². The normalized spacial score (nSPS) is 19.3. The number of amides is 2. The van der Waals surface area contributed by atoms with Gasteiger partial charge < -0.3 is 15.0 Å². The van der Waals surface area contributed by atoms with Crippen molar-refractivity contribution in [1.82, 2.24) is 9.88 Å². The van der Waals surface area contributed by atoms with Crippen molar-refractivity contribution in [3.63, 3.8) is 0 Å². The van der Waals surface area contributed by atoms with E-state index >= 15 is 0 Å². The Morgan fingerprint density at radius 2 is 1.94 bits per heavy atom. The van der Waals surface area contributed by atoms with Crippen LogP contribution in [0.25, 0.3) is 11.6 Å². The van der Waals surface area contributed by atoms with E-state index in [0.717, 1.165) is 25.1 Å². The van der Waals surface area contributed by atoms with Crippen molar-refractivity contribution < 1.29 is 19.1 Å². The summed E-state index contributed by atoms with van der Waals surface area (Å²) in [5.74, 6) is 0.552. The Bertz CT molecular complexity index is 1080. The Morgan fingerprint density at radius 3 is 2.64 bits per heavy atom. The zero-order valence-electron chi connectivity index (χ0n) is 18.6. The van der Waals surface area contributed by atoms with E-state index in [2.05, 4.69) is 45.4 Å². The van der Waals surface area contributed by atoms with Crippen LogP contribution in [0.4, 0.5) is 5.82 Å². The van der Waals surface area contributed by atoms with Crippen LogP contribution in [-0.2, 0) is 19.1 Å². The molecule has 0 radical (unpaired) electrons. The summed E-state index contributed by atoms with van der Waals surface area (Å²) < 4.78 is 4.52. The largest absolute Gasteiger partial charge is 0.469 e. The summed E-state index contributed by atoms with van der Waals surface area (Å²) in [6, 6.07) is 13.9. The maximum atomic E-state index is 12.7. The van der Waals surface area contributed by atoms with Crippen molar-refractivity contribution in [2.24, 2.45) is 11.8 Å². The lowest BCUT2D eigenvalue weighted by Gasteiger charge is -2.15. The summed E-state index contributed by atoms with van der Waals surface area (Å²) >= 11 is 0. The predicted molar refractivity (Wildman–Crippen MR) is 126 cm³/mol. The van der Waals surface area contributed by atoms with Crippen LogP contribution >= 0.6 is 0 Å². The Labute approximate surface area is 193 Å². The summed E-state index contributed by atoms with van der Waals surface area (Å²) in [6.45, 7) is 1.52. The fraction of sp³-hybridized carbons (Fsp3) is 0.308. The molecule has 33 heavy (non-hydrogen) atoms. The van der Waals surface area contributed by atoms with Crippen molar-refractivity contribution in [3.8, 4) is 0 Å². The van der Waals surface area contributed by atoms with Crippen LogP contribution < -0.4 is 5.32 Å². The number of rotatable bonds is 7. The van der Waals surface area contributed by atoms with Crippen molar-refractivity contribution >= 4 is 35.3 Å². The zero-order valence-corrected chi connectivity index (χ0v) is 18.6. The van der Waals surface area contributed by atoms with Crippen LogP contribution in [0.1, 0.15) is 30.4 Å². The molecule has 1 N–H and O–H groups in total. The lowest BCUT2D eigenvalue weighted by molar-refractivity contribution is -0.141. The fourth-order valence-corrected chi connectivity index (χ4v) is 4.33. The van der Waals surface area contributed by atoms with Crippen LogP contribution in [0.3, 0.4) is 0 Å². The molecule has 170 valence electrons. The molecular formula is C26H27N3O4. The van der Waals surface area contributed by atoms with Crippen LogP contribution in [0.5, 0.6) is 0 Å². The van der Waals surface area contributed by atoms with Gasteiger partial charge in [0.05, 0.1) is 13.5 Å². The second-order valence-corrected chi connectivity index (χ2v) is 8.36. The first kappa shape index (κ1) is 22.5. The Balaban J connectivity index is 1.27. The highest BCUT2D eigenvalue weighted by molar-refractivity contribution is 5.93. The second kappa shape index (κ2) is 10.3. The molecule has 1 aliphatic carbocycles. The molecule has 0 bridgehead atoms. The zero-order chi connectivity index (χ0) is 23.2. The molecule has 1 aliphatic heterocycles. The standard InChI is InChI=1S/C26H27N3O4/c1-33-26(32)12-10-24(30)28-23-9-7-18(15-27-23)8-11-25(31)29-16-21-13-20(14-22(21)17-29)19-5-3-2-4-6-19/h2-9,11,13,15,21-22H,10,12,14,16-17H2,1H3,(H,27,28,30)/b11-8+. The number of allylic oxidation sites excluding steroid dienone is 1. The number of ether oxygens (including phenoxy) is 1. The molecule has 2 amide bonds. The van der Waals surface area contributed by atoms with Gasteiger partial charge in [0.2, 0.25) is 11.8 Å². The smallest absolute Gasteiger partial charge is 0.306 e. The van der Waals surface area contributed by atoms with Gasteiger partial charge in [0.1, 0.15) is 5.82 Å². The highest BCUT2D eigenvalue weighted by Crippen LogP contribution is 2.40. The van der Waals surface area contributed by atoms with Crippen molar-refractivity contribution in [2.45, 2.75) is 19.3 Å². The Kier molecular flexibility index (Phi) is 6.98. The number of nitrogens with one attached hydrogen (secondary N) is 1. The third-order valence-electron chi connectivity index (χ3n) is 6.10. The van der Waals surface area contributed by atoms with Crippen molar-refractivity contribution in [3.05, 3.63) is 71.9 Å². The molecule has 2 aliphatic rings.